The molecule has 3 nitrogen and oxygen atoms in total. The summed E-state index contributed by atoms with van der Waals surface area (Å²) in [4.78, 5) is 0. The topological polar surface area (TPSA) is 57.2 Å². The van der Waals surface area contributed by atoms with Crippen LogP contribution in [0, 0.1) is 10.7 Å². The van der Waals surface area contributed by atoms with Crippen LogP contribution in [-0.2, 0) is 15.5 Å². The standard InChI is InChI=1S/C12H10I.C10H13I.CHF3O3S/c1-3-7-11(8-4-1)13-12-9-5-2-6-10-12;1-10(2,3)8-4-6-9(11)7-5-8;2-1(3,4)8(5,6)7/h1-10H;4-7H,1-3H3;(H,5,6,7)/q+1;;/p-1. The van der Waals surface area contributed by atoms with Crippen molar-refractivity contribution in [1.82, 2.24) is 0 Å². The molecule has 3 aromatic carbocycles. The van der Waals surface area contributed by atoms with Gasteiger partial charge in [0, 0.05) is 3.57 Å². The van der Waals surface area contributed by atoms with Crippen molar-refractivity contribution >= 4 is 32.7 Å². The first kappa shape index (κ1) is 28.9. The van der Waals surface area contributed by atoms with E-state index in [4.69, 9.17) is 13.0 Å². The highest BCUT2D eigenvalue weighted by atomic mass is 127. The molecule has 0 fully saturated rings. The van der Waals surface area contributed by atoms with Gasteiger partial charge in [-0.05, 0) is 70.0 Å². The molecule has 3 aromatic rings. The van der Waals surface area contributed by atoms with Crippen LogP contribution in [0.1, 0.15) is 26.3 Å². The predicted octanol–water partition coefficient (Wildman–Crippen LogP) is 3.46. The number of hydrogen-bond acceptors (Lipinski definition) is 3. The fraction of sp³-hybridized carbons (Fsp3) is 0.217. The lowest BCUT2D eigenvalue weighted by Gasteiger charge is -2.18. The van der Waals surface area contributed by atoms with Crippen LogP contribution in [0.4, 0.5) is 13.2 Å². The maximum absolute atomic E-state index is 10.7. The number of benzene rings is 3. The van der Waals surface area contributed by atoms with Crippen molar-refractivity contribution < 1.29 is 47.3 Å². The molecule has 174 valence electrons. The minimum atomic E-state index is -6.09. The van der Waals surface area contributed by atoms with Gasteiger partial charge in [0.05, 0.1) is 0 Å². The summed E-state index contributed by atoms with van der Waals surface area (Å²) >= 11 is 2.35. The molecule has 0 saturated carbocycles. The zero-order valence-electron chi connectivity index (χ0n) is 17.6. The van der Waals surface area contributed by atoms with E-state index < -0.39 is 15.6 Å². The van der Waals surface area contributed by atoms with E-state index in [1.54, 1.807) is 0 Å². The summed E-state index contributed by atoms with van der Waals surface area (Å²) in [5.41, 5.74) is -3.96. The van der Waals surface area contributed by atoms with Gasteiger partial charge in [0.15, 0.2) is 17.3 Å². The van der Waals surface area contributed by atoms with Crippen molar-refractivity contribution in [2.75, 3.05) is 0 Å². The molecular formula is C23H23F3I2O3S. The predicted molar refractivity (Wildman–Crippen MR) is 124 cm³/mol. The van der Waals surface area contributed by atoms with Crippen molar-refractivity contribution in [2.45, 2.75) is 31.7 Å². The van der Waals surface area contributed by atoms with Crippen molar-refractivity contribution in [3.63, 3.8) is 0 Å². The van der Waals surface area contributed by atoms with E-state index in [1.807, 2.05) is 0 Å². The summed E-state index contributed by atoms with van der Waals surface area (Å²) in [6.45, 7) is 6.69. The van der Waals surface area contributed by atoms with E-state index in [0.717, 1.165) is 0 Å². The number of halogens is 5. The fourth-order valence-corrected chi connectivity index (χ4v) is 4.66. The Bertz CT molecular complexity index is 996. The Morgan fingerprint density at radius 3 is 1.38 bits per heavy atom. The highest BCUT2D eigenvalue weighted by Crippen LogP contribution is 2.22. The van der Waals surface area contributed by atoms with Gasteiger partial charge in [-0.15, -0.1) is 0 Å². The summed E-state index contributed by atoms with van der Waals surface area (Å²) < 4.78 is 63.2. The monoisotopic (exact) mass is 690 g/mol. The number of rotatable bonds is 2. The molecule has 3 rings (SSSR count). The number of alkyl halides is 3. The van der Waals surface area contributed by atoms with Gasteiger partial charge < -0.3 is 4.55 Å². The van der Waals surface area contributed by atoms with Gasteiger partial charge in [0.1, 0.15) is 0 Å². The molecule has 0 aliphatic rings. The van der Waals surface area contributed by atoms with Crippen LogP contribution in [0.3, 0.4) is 0 Å². The highest BCUT2D eigenvalue weighted by Gasteiger charge is 2.36. The van der Waals surface area contributed by atoms with E-state index >= 15 is 0 Å². The average Bonchev–Trinajstić information content (AvgIpc) is 2.69. The molecule has 0 aliphatic heterocycles. The minimum absolute atomic E-state index is 0.0287. The van der Waals surface area contributed by atoms with Crippen LogP contribution in [0.15, 0.2) is 84.9 Å². The maximum atomic E-state index is 10.7. The zero-order valence-corrected chi connectivity index (χ0v) is 22.7. The molecule has 0 bridgehead atoms. The lowest BCUT2D eigenvalue weighted by molar-refractivity contribution is -0.597. The first-order chi connectivity index (χ1) is 14.7. The first-order valence-electron chi connectivity index (χ1n) is 9.23. The van der Waals surface area contributed by atoms with Crippen LogP contribution in [0.25, 0.3) is 0 Å². The second-order valence-corrected chi connectivity index (χ2v) is 13.0. The van der Waals surface area contributed by atoms with E-state index in [-0.39, 0.29) is 26.6 Å². The molecule has 0 spiro atoms. The van der Waals surface area contributed by atoms with Crippen LogP contribution in [0.2, 0.25) is 0 Å². The smallest absolute Gasteiger partial charge is 0.485 e. The third-order valence-corrected chi connectivity index (χ3v) is 7.65. The molecule has 0 amide bonds. The van der Waals surface area contributed by atoms with Crippen molar-refractivity contribution in [2.24, 2.45) is 0 Å². The molecular weight excluding hydrogens is 667 g/mol. The van der Waals surface area contributed by atoms with Crippen LogP contribution >= 0.6 is 22.6 Å². The summed E-state index contributed by atoms with van der Waals surface area (Å²) in [6.07, 6.45) is 0. The molecule has 0 atom stereocenters. The maximum Gasteiger partial charge on any atom is 0.485 e. The third-order valence-electron chi connectivity index (χ3n) is 3.68. The van der Waals surface area contributed by atoms with E-state index in [9.17, 15) is 13.2 Å². The molecule has 0 N–H and O–H groups in total. The van der Waals surface area contributed by atoms with Gasteiger partial charge in [0.2, 0.25) is 0 Å². The summed E-state index contributed by atoms with van der Waals surface area (Å²) in [6, 6.07) is 30.1. The Labute approximate surface area is 211 Å². The van der Waals surface area contributed by atoms with Crippen LogP contribution in [0.5, 0.6) is 0 Å². The molecule has 0 unspecified atom stereocenters. The van der Waals surface area contributed by atoms with E-state index in [2.05, 4.69) is 128 Å². The highest BCUT2D eigenvalue weighted by molar-refractivity contribution is 14.1. The Kier molecular flexibility index (Phi) is 11.6. The lowest BCUT2D eigenvalue weighted by Crippen LogP contribution is -3.61. The minimum Gasteiger partial charge on any atom is -0.741 e. The fourth-order valence-electron chi connectivity index (χ4n) is 2.03. The second kappa shape index (κ2) is 12.9. The zero-order chi connectivity index (χ0) is 24.4. The Hall–Kier alpha value is -1.18. The molecule has 9 heteroatoms. The van der Waals surface area contributed by atoms with E-state index in [1.165, 1.54) is 16.3 Å². The SMILES string of the molecule is CC(C)(C)c1ccc(I)cc1.O=S(=O)([O-])C(F)(F)F.c1ccc([I+]c2ccccc2)cc1. The molecule has 0 heterocycles. The molecule has 0 radical (unpaired) electrons. The normalized spacial score (nSPS) is 11.5. The number of hydrogen-bond donors (Lipinski definition) is 0. The Morgan fingerprint density at radius 1 is 0.750 bits per heavy atom. The molecule has 32 heavy (non-hydrogen) atoms. The van der Waals surface area contributed by atoms with Crippen LogP contribution in [-0.4, -0.2) is 18.5 Å². The Morgan fingerprint density at radius 2 is 1.09 bits per heavy atom. The second-order valence-electron chi connectivity index (χ2n) is 7.34. The first-order valence-corrected chi connectivity index (χ1v) is 13.9. The van der Waals surface area contributed by atoms with Gasteiger partial charge in [-0.2, -0.15) is 13.2 Å². The Balaban J connectivity index is 0.000000248. The van der Waals surface area contributed by atoms with E-state index in [0.29, 0.717) is 0 Å². The summed E-state index contributed by atoms with van der Waals surface area (Å²) in [5.74, 6) is 0. The van der Waals surface area contributed by atoms with Crippen molar-refractivity contribution in [3.05, 3.63) is 101 Å². The largest absolute Gasteiger partial charge is 0.741 e. The van der Waals surface area contributed by atoms with Gasteiger partial charge in [-0.25, -0.2) is 8.42 Å². The molecule has 0 aliphatic carbocycles. The van der Waals surface area contributed by atoms with Crippen molar-refractivity contribution in [3.8, 4) is 0 Å². The average molecular weight is 690 g/mol. The van der Waals surface area contributed by atoms with Gasteiger partial charge >= 0.3 is 26.7 Å². The van der Waals surface area contributed by atoms with Gasteiger partial charge in [-0.3, -0.25) is 0 Å². The van der Waals surface area contributed by atoms with Crippen LogP contribution < -0.4 is 21.2 Å². The summed E-state index contributed by atoms with van der Waals surface area (Å²) in [5, 5.41) is 0. The van der Waals surface area contributed by atoms with Gasteiger partial charge in [0.25, 0.3) is 0 Å². The molecule has 0 saturated heterocycles. The third kappa shape index (κ3) is 11.6. The van der Waals surface area contributed by atoms with Gasteiger partial charge in [-0.1, -0.05) is 69.3 Å². The quantitative estimate of drug-likeness (QED) is 0.236. The van der Waals surface area contributed by atoms with Crippen molar-refractivity contribution in [1.29, 1.82) is 0 Å². The molecule has 0 aromatic heterocycles. The lowest BCUT2D eigenvalue weighted by atomic mass is 9.87. The summed E-state index contributed by atoms with van der Waals surface area (Å²) in [7, 11) is -6.09.